The fourth-order valence-corrected chi connectivity index (χ4v) is 2.44. The van der Waals surface area contributed by atoms with Crippen molar-refractivity contribution in [3.63, 3.8) is 0 Å². The van der Waals surface area contributed by atoms with Gasteiger partial charge in [-0.2, -0.15) is 0 Å². The van der Waals surface area contributed by atoms with Crippen LogP contribution in [0.3, 0.4) is 0 Å². The second-order valence-electron chi connectivity index (χ2n) is 5.82. The van der Waals surface area contributed by atoms with Gasteiger partial charge in [-0.25, -0.2) is 0 Å². The smallest absolute Gasteiger partial charge is 0.402 e. The highest BCUT2D eigenvalue weighted by molar-refractivity contribution is 6.30. The van der Waals surface area contributed by atoms with Crippen LogP contribution in [-0.4, -0.2) is 70.4 Å². The van der Waals surface area contributed by atoms with Gasteiger partial charge in [-0.05, 0) is 13.0 Å². The Bertz CT molecular complexity index is 202. The summed E-state index contributed by atoms with van der Waals surface area (Å²) in [5, 5.41) is 39.3. The highest BCUT2D eigenvalue weighted by atomic mass is 16.5. The fourth-order valence-electron chi connectivity index (χ4n) is 2.44. The van der Waals surface area contributed by atoms with Crippen LogP contribution in [0.4, 0.5) is 0 Å². The summed E-state index contributed by atoms with van der Waals surface area (Å²) in [6, 6.07) is 0. The Morgan fingerprint density at radius 3 is 1.30 bits per heavy atom. The van der Waals surface area contributed by atoms with Crippen molar-refractivity contribution in [2.24, 2.45) is 0 Å². The number of nitrogens with zero attached hydrogens (tertiary/aromatic N) is 1. The van der Waals surface area contributed by atoms with Gasteiger partial charge < -0.3 is 25.3 Å². The molecule has 0 aromatic heterocycles. The zero-order valence-electron chi connectivity index (χ0n) is 14.9. The van der Waals surface area contributed by atoms with Crippen LogP contribution >= 0.6 is 0 Å². The van der Waals surface area contributed by atoms with Gasteiger partial charge in [0.25, 0.3) is 0 Å². The molecular formula is C16H38BNO5. The first-order chi connectivity index (χ1) is 11.1. The van der Waals surface area contributed by atoms with Crippen molar-refractivity contribution >= 4 is 7.32 Å². The lowest BCUT2D eigenvalue weighted by molar-refractivity contribution is 0.159. The molecule has 0 heterocycles. The molecule has 0 radical (unpaired) electrons. The fraction of sp³-hybridized carbons (Fsp3) is 1.00. The van der Waals surface area contributed by atoms with Gasteiger partial charge in [0.2, 0.25) is 0 Å². The van der Waals surface area contributed by atoms with E-state index in [1.54, 1.807) is 0 Å². The van der Waals surface area contributed by atoms with E-state index in [-0.39, 0.29) is 13.2 Å². The summed E-state index contributed by atoms with van der Waals surface area (Å²) >= 11 is 0. The van der Waals surface area contributed by atoms with Gasteiger partial charge in [-0.15, -0.1) is 0 Å². The first-order valence-corrected chi connectivity index (χ1v) is 9.06. The Labute approximate surface area is 142 Å². The molecule has 23 heavy (non-hydrogen) atoms. The minimum Gasteiger partial charge on any atom is -0.402 e. The summed E-state index contributed by atoms with van der Waals surface area (Å²) in [6.07, 6.45) is 13.5. The molecule has 0 aliphatic rings. The molecule has 0 saturated carbocycles. The van der Waals surface area contributed by atoms with Crippen molar-refractivity contribution < 1.29 is 25.3 Å². The van der Waals surface area contributed by atoms with Crippen LogP contribution < -0.4 is 0 Å². The second-order valence-corrected chi connectivity index (χ2v) is 5.82. The van der Waals surface area contributed by atoms with Crippen LogP contribution in [0, 0.1) is 0 Å². The summed E-state index contributed by atoms with van der Waals surface area (Å²) in [5.74, 6) is 0. The van der Waals surface area contributed by atoms with Crippen molar-refractivity contribution in [2.45, 2.75) is 71.1 Å². The van der Waals surface area contributed by atoms with Gasteiger partial charge in [0, 0.05) is 13.1 Å². The van der Waals surface area contributed by atoms with Crippen molar-refractivity contribution in [1.82, 2.24) is 4.90 Å². The second kappa shape index (κ2) is 21.8. The van der Waals surface area contributed by atoms with E-state index in [0.717, 1.165) is 6.54 Å². The summed E-state index contributed by atoms with van der Waals surface area (Å²) < 4.78 is 0. The van der Waals surface area contributed by atoms with E-state index >= 15 is 0 Å². The molecule has 7 heteroatoms. The molecule has 0 aliphatic heterocycles. The van der Waals surface area contributed by atoms with Gasteiger partial charge >= 0.3 is 7.32 Å². The number of hydrogen-bond acceptors (Lipinski definition) is 6. The van der Waals surface area contributed by atoms with E-state index in [2.05, 4.69) is 11.8 Å². The van der Waals surface area contributed by atoms with Gasteiger partial charge in [0.1, 0.15) is 0 Å². The normalized spacial score (nSPS) is 10.6. The van der Waals surface area contributed by atoms with Crippen LogP contribution in [0.25, 0.3) is 0 Å². The van der Waals surface area contributed by atoms with Crippen molar-refractivity contribution in [1.29, 1.82) is 0 Å². The molecule has 0 bridgehead atoms. The Kier molecular flexibility index (Phi) is 23.8. The van der Waals surface area contributed by atoms with Crippen LogP contribution in [-0.2, 0) is 0 Å². The van der Waals surface area contributed by atoms with E-state index in [0.29, 0.717) is 13.1 Å². The molecule has 0 aromatic rings. The Morgan fingerprint density at radius 1 is 0.609 bits per heavy atom. The minimum atomic E-state index is -2.17. The highest BCUT2D eigenvalue weighted by Gasteiger charge is 2.02. The van der Waals surface area contributed by atoms with E-state index in [1.165, 1.54) is 64.2 Å². The third kappa shape index (κ3) is 27.0. The molecule has 0 saturated heterocycles. The minimum absolute atomic E-state index is 0.192. The first-order valence-electron chi connectivity index (χ1n) is 9.06. The molecule has 0 amide bonds. The van der Waals surface area contributed by atoms with Gasteiger partial charge in [0.05, 0.1) is 13.2 Å². The number of aliphatic hydroxyl groups excluding tert-OH is 2. The zero-order valence-corrected chi connectivity index (χ0v) is 14.9. The Balaban J connectivity index is 0. The van der Waals surface area contributed by atoms with Crippen molar-refractivity contribution in [2.75, 3.05) is 32.8 Å². The van der Waals surface area contributed by atoms with Crippen LogP contribution in [0.15, 0.2) is 0 Å². The van der Waals surface area contributed by atoms with Crippen molar-refractivity contribution in [3.05, 3.63) is 0 Å². The van der Waals surface area contributed by atoms with E-state index in [1.807, 2.05) is 0 Å². The summed E-state index contributed by atoms with van der Waals surface area (Å²) in [5.41, 5.74) is 0. The van der Waals surface area contributed by atoms with Crippen LogP contribution in [0.5, 0.6) is 0 Å². The van der Waals surface area contributed by atoms with Crippen LogP contribution in [0.2, 0.25) is 0 Å². The molecule has 0 fully saturated rings. The molecular weight excluding hydrogens is 297 g/mol. The summed E-state index contributed by atoms with van der Waals surface area (Å²) in [7, 11) is -2.17. The predicted octanol–water partition coefficient (Wildman–Crippen LogP) is 1.14. The van der Waals surface area contributed by atoms with E-state index in [4.69, 9.17) is 25.3 Å². The predicted molar refractivity (Wildman–Crippen MR) is 94.9 cm³/mol. The number of unbranched alkanes of at least 4 members (excludes halogenated alkanes) is 9. The molecule has 0 rings (SSSR count). The largest absolute Gasteiger partial charge is 0.631 e. The SMILES string of the molecule is CCCCCCCCCCCCN(CCO)CCO.OB(O)O. The molecule has 0 aliphatic carbocycles. The average Bonchev–Trinajstić information content (AvgIpc) is 2.49. The monoisotopic (exact) mass is 335 g/mol. The summed E-state index contributed by atoms with van der Waals surface area (Å²) in [6.45, 7) is 5.04. The zero-order chi connectivity index (χ0) is 17.8. The number of aliphatic hydroxyl groups is 2. The van der Waals surface area contributed by atoms with E-state index < -0.39 is 7.32 Å². The third-order valence-electron chi connectivity index (χ3n) is 3.66. The number of rotatable bonds is 15. The van der Waals surface area contributed by atoms with Gasteiger partial charge in [-0.1, -0.05) is 64.7 Å². The molecule has 5 N–H and O–H groups in total. The molecule has 0 aromatic carbocycles. The quantitative estimate of drug-likeness (QED) is 0.227. The van der Waals surface area contributed by atoms with E-state index in [9.17, 15) is 0 Å². The lowest BCUT2D eigenvalue weighted by atomic mass is 10.1. The third-order valence-corrected chi connectivity index (χ3v) is 3.66. The average molecular weight is 335 g/mol. The first kappa shape index (κ1) is 25.1. The Morgan fingerprint density at radius 2 is 0.957 bits per heavy atom. The molecule has 6 nitrogen and oxygen atoms in total. The maximum absolute atomic E-state index is 8.90. The summed E-state index contributed by atoms with van der Waals surface area (Å²) in [4.78, 5) is 2.14. The molecule has 0 unspecified atom stereocenters. The van der Waals surface area contributed by atoms with Gasteiger partial charge in [0.15, 0.2) is 0 Å². The number of hydrogen-bond donors (Lipinski definition) is 5. The lowest BCUT2D eigenvalue weighted by Crippen LogP contribution is -2.30. The van der Waals surface area contributed by atoms with Crippen LogP contribution in [0.1, 0.15) is 71.1 Å². The highest BCUT2D eigenvalue weighted by Crippen LogP contribution is 2.10. The standard InChI is InChI=1S/C16H35NO2.BH3O3/c1-2-3-4-5-6-7-8-9-10-11-12-17(13-15-18)14-16-19;2-1(3)4/h18-19H,2-16H2,1H3;2-4H. The lowest BCUT2D eigenvalue weighted by Gasteiger charge is -2.19. The molecule has 140 valence electrons. The molecule has 0 atom stereocenters. The van der Waals surface area contributed by atoms with Crippen molar-refractivity contribution in [3.8, 4) is 0 Å². The molecule has 0 spiro atoms. The maximum atomic E-state index is 8.90. The van der Waals surface area contributed by atoms with Gasteiger partial charge in [-0.3, -0.25) is 4.90 Å². The maximum Gasteiger partial charge on any atom is 0.631 e. The Hall–Kier alpha value is -0.175. The topological polar surface area (TPSA) is 104 Å².